The minimum Gasteiger partial charge on any atom is -0.466 e. The van der Waals surface area contributed by atoms with Gasteiger partial charge in [-0.05, 0) is 51.4 Å². The second-order valence-corrected chi connectivity index (χ2v) is 8.55. The minimum atomic E-state index is -1.03. The Labute approximate surface area is 175 Å². The van der Waals surface area contributed by atoms with Gasteiger partial charge in [-0.1, -0.05) is 67.0 Å². The van der Waals surface area contributed by atoms with Crippen LogP contribution >= 0.6 is 0 Å². The molecule has 0 saturated carbocycles. The summed E-state index contributed by atoms with van der Waals surface area (Å²) in [6.07, 6.45) is 6.70. The second kappa shape index (κ2) is 10.4. The zero-order chi connectivity index (χ0) is 21.4. The van der Waals surface area contributed by atoms with Gasteiger partial charge in [-0.15, -0.1) is 0 Å². The second-order valence-electron chi connectivity index (χ2n) is 8.55. The van der Waals surface area contributed by atoms with Crippen molar-refractivity contribution in [1.29, 1.82) is 0 Å². The van der Waals surface area contributed by atoms with Gasteiger partial charge in [0.05, 0.1) is 13.5 Å². The van der Waals surface area contributed by atoms with Crippen molar-refractivity contribution in [2.75, 3.05) is 7.11 Å². The molecule has 1 aromatic carbocycles. The highest BCUT2D eigenvalue weighted by Crippen LogP contribution is 2.42. The van der Waals surface area contributed by atoms with Crippen LogP contribution in [0, 0.1) is 5.41 Å². The van der Waals surface area contributed by atoms with Crippen molar-refractivity contribution in [2.24, 2.45) is 5.41 Å². The average molecular weight is 399 g/mol. The van der Waals surface area contributed by atoms with Crippen LogP contribution in [0.1, 0.15) is 77.9 Å². The summed E-state index contributed by atoms with van der Waals surface area (Å²) in [4.78, 5) is 24.4. The number of methoxy groups -OCH3 is 1. The number of carbonyl (C=O) groups excluding carboxylic acids is 2. The smallest absolute Gasteiger partial charge is 0.351 e. The van der Waals surface area contributed by atoms with E-state index < -0.39 is 18.0 Å². The van der Waals surface area contributed by atoms with Crippen LogP contribution in [0.2, 0.25) is 0 Å². The van der Waals surface area contributed by atoms with Gasteiger partial charge < -0.3 is 9.47 Å². The van der Waals surface area contributed by atoms with Crippen LogP contribution < -0.4 is 0 Å². The molecule has 0 aliphatic heterocycles. The van der Waals surface area contributed by atoms with Crippen LogP contribution in [0.15, 0.2) is 53.1 Å². The number of rotatable bonds is 8. The third-order valence-electron chi connectivity index (χ3n) is 5.84. The van der Waals surface area contributed by atoms with E-state index in [2.05, 4.69) is 20.8 Å². The molecule has 0 unspecified atom stereocenters. The van der Waals surface area contributed by atoms with Crippen molar-refractivity contribution in [3.05, 3.63) is 58.7 Å². The molecule has 29 heavy (non-hydrogen) atoms. The van der Waals surface area contributed by atoms with Crippen molar-refractivity contribution >= 4 is 11.9 Å². The van der Waals surface area contributed by atoms with Crippen molar-refractivity contribution < 1.29 is 19.1 Å². The monoisotopic (exact) mass is 398 g/mol. The molecular weight excluding hydrogens is 364 g/mol. The first-order valence-corrected chi connectivity index (χ1v) is 10.4. The highest BCUT2D eigenvalue weighted by atomic mass is 16.6. The average Bonchev–Trinajstić information content (AvgIpc) is 2.69. The van der Waals surface area contributed by atoms with E-state index in [9.17, 15) is 9.59 Å². The van der Waals surface area contributed by atoms with E-state index in [-0.39, 0.29) is 11.8 Å². The molecule has 0 amide bonds. The van der Waals surface area contributed by atoms with Gasteiger partial charge in [0, 0.05) is 5.56 Å². The summed E-state index contributed by atoms with van der Waals surface area (Å²) in [6.45, 7) is 8.97. The number of ether oxygens (including phenoxy) is 2. The van der Waals surface area contributed by atoms with E-state index >= 15 is 0 Å². The van der Waals surface area contributed by atoms with Gasteiger partial charge in [0.25, 0.3) is 0 Å². The Bertz CT molecular complexity index is 771. The van der Waals surface area contributed by atoms with E-state index in [1.165, 1.54) is 31.9 Å². The lowest BCUT2D eigenvalue weighted by Gasteiger charge is -2.34. The predicted octanol–water partition coefficient (Wildman–Crippen LogP) is 6.09. The van der Waals surface area contributed by atoms with E-state index in [0.29, 0.717) is 5.56 Å². The van der Waals surface area contributed by atoms with Gasteiger partial charge in [0.1, 0.15) is 0 Å². The Kier molecular flexibility index (Phi) is 8.24. The molecule has 2 rings (SSSR count). The molecule has 0 spiro atoms. The number of allylic oxidation sites excluding steroid dienone is 3. The summed E-state index contributed by atoms with van der Waals surface area (Å²) in [7, 11) is 1.29. The standard InChI is InChI=1S/C25H34O4/c1-18(13-15-21-19(2)10-9-17-25(21,3)4)14-16-22(26)29-23(24(27)28-5)20-11-7-6-8-12-20/h6-8,11-12,14,23H,9-10,13,15-17H2,1-5H3/b18-14+/t23-/m0/s1. The normalized spacial score (nSPS) is 17.6. The maximum atomic E-state index is 12.3. The van der Waals surface area contributed by atoms with Crippen LogP contribution in [-0.4, -0.2) is 19.0 Å². The molecule has 0 fully saturated rings. The molecule has 0 N–H and O–H groups in total. The molecule has 0 aromatic heterocycles. The van der Waals surface area contributed by atoms with Gasteiger partial charge in [0.15, 0.2) is 0 Å². The predicted molar refractivity (Wildman–Crippen MR) is 115 cm³/mol. The number of esters is 2. The minimum absolute atomic E-state index is 0.146. The highest BCUT2D eigenvalue weighted by Gasteiger charge is 2.28. The molecule has 1 aliphatic carbocycles. The van der Waals surface area contributed by atoms with E-state index in [4.69, 9.17) is 9.47 Å². The number of hydrogen-bond donors (Lipinski definition) is 0. The van der Waals surface area contributed by atoms with Crippen LogP contribution in [0.5, 0.6) is 0 Å². The Morgan fingerprint density at radius 2 is 1.90 bits per heavy atom. The van der Waals surface area contributed by atoms with Crippen LogP contribution in [0.25, 0.3) is 0 Å². The quantitative estimate of drug-likeness (QED) is 0.393. The molecule has 0 heterocycles. The first-order valence-electron chi connectivity index (χ1n) is 10.4. The lowest BCUT2D eigenvalue weighted by atomic mass is 9.71. The fourth-order valence-electron chi connectivity index (χ4n) is 4.08. The Balaban J connectivity index is 1.94. The van der Waals surface area contributed by atoms with Gasteiger partial charge >= 0.3 is 11.9 Å². The summed E-state index contributed by atoms with van der Waals surface area (Å²) >= 11 is 0. The SMILES string of the molecule is COC(=O)[C@@H](OC(=O)C/C=C(\C)CCC1=C(C)CCCC1(C)C)c1ccccc1. The number of benzene rings is 1. The Hall–Kier alpha value is -2.36. The fraction of sp³-hybridized carbons (Fsp3) is 0.520. The molecule has 1 aromatic rings. The number of hydrogen-bond acceptors (Lipinski definition) is 4. The van der Waals surface area contributed by atoms with Gasteiger partial charge in [-0.3, -0.25) is 4.79 Å². The largest absolute Gasteiger partial charge is 0.466 e. The van der Waals surface area contributed by atoms with Crippen molar-refractivity contribution in [3.63, 3.8) is 0 Å². The van der Waals surface area contributed by atoms with Crippen LogP contribution in [0.4, 0.5) is 0 Å². The lowest BCUT2D eigenvalue weighted by Crippen LogP contribution is -2.21. The summed E-state index contributed by atoms with van der Waals surface area (Å²) in [5.74, 6) is -1.01. The fourth-order valence-corrected chi connectivity index (χ4v) is 4.08. The first kappa shape index (κ1) is 22.9. The van der Waals surface area contributed by atoms with Crippen LogP contribution in [-0.2, 0) is 19.1 Å². The molecule has 158 valence electrons. The molecular formula is C25H34O4. The van der Waals surface area contributed by atoms with Gasteiger partial charge in [-0.25, -0.2) is 4.79 Å². The van der Waals surface area contributed by atoms with Gasteiger partial charge in [-0.2, -0.15) is 0 Å². The molecule has 0 saturated heterocycles. The zero-order valence-corrected chi connectivity index (χ0v) is 18.4. The number of carbonyl (C=O) groups is 2. The third kappa shape index (κ3) is 6.59. The zero-order valence-electron chi connectivity index (χ0n) is 18.4. The molecule has 1 atom stereocenters. The van der Waals surface area contributed by atoms with E-state index in [1.54, 1.807) is 29.8 Å². The van der Waals surface area contributed by atoms with E-state index in [0.717, 1.165) is 18.4 Å². The van der Waals surface area contributed by atoms with Gasteiger partial charge in [0.2, 0.25) is 6.10 Å². The Morgan fingerprint density at radius 1 is 1.21 bits per heavy atom. The van der Waals surface area contributed by atoms with Crippen molar-refractivity contribution in [3.8, 4) is 0 Å². The molecule has 4 nitrogen and oxygen atoms in total. The summed E-state index contributed by atoms with van der Waals surface area (Å²) in [6, 6.07) is 8.94. The van der Waals surface area contributed by atoms with Crippen molar-refractivity contribution in [1.82, 2.24) is 0 Å². The lowest BCUT2D eigenvalue weighted by molar-refractivity contribution is -0.166. The molecule has 4 heteroatoms. The summed E-state index contributed by atoms with van der Waals surface area (Å²) in [5.41, 5.74) is 5.13. The third-order valence-corrected chi connectivity index (χ3v) is 5.84. The molecule has 0 radical (unpaired) electrons. The summed E-state index contributed by atoms with van der Waals surface area (Å²) < 4.78 is 10.2. The van der Waals surface area contributed by atoms with Crippen LogP contribution in [0.3, 0.4) is 0 Å². The van der Waals surface area contributed by atoms with E-state index in [1.807, 2.05) is 19.1 Å². The van der Waals surface area contributed by atoms with Crippen molar-refractivity contribution in [2.45, 2.75) is 72.3 Å². The molecule has 1 aliphatic rings. The molecule has 0 bridgehead atoms. The summed E-state index contributed by atoms with van der Waals surface area (Å²) in [5, 5.41) is 0. The topological polar surface area (TPSA) is 52.6 Å². The Morgan fingerprint density at radius 3 is 2.52 bits per heavy atom. The first-order chi connectivity index (χ1) is 13.7. The highest BCUT2D eigenvalue weighted by molar-refractivity contribution is 5.81. The maximum Gasteiger partial charge on any atom is 0.351 e. The maximum absolute atomic E-state index is 12.3.